The highest BCUT2D eigenvalue weighted by Gasteiger charge is 2.19. The van der Waals surface area contributed by atoms with Gasteiger partial charge in [-0.25, -0.2) is 9.97 Å². The van der Waals surface area contributed by atoms with Crippen LogP contribution >= 0.6 is 0 Å². The highest BCUT2D eigenvalue weighted by atomic mass is 15.1. The van der Waals surface area contributed by atoms with Crippen molar-refractivity contribution >= 4 is 0 Å². The maximum absolute atomic E-state index is 4.44. The molecular weight excluding hydrogens is 214 g/mol. The number of imidazole rings is 2. The smallest absolute Gasteiger partial charge is 0.132 e. The molecule has 0 saturated carbocycles. The molecule has 2 aromatic rings. The first-order chi connectivity index (χ1) is 8.26. The Bertz CT molecular complexity index is 471. The van der Waals surface area contributed by atoms with E-state index in [2.05, 4.69) is 26.8 Å². The molecule has 92 valence electrons. The molecule has 2 heterocycles. The van der Waals surface area contributed by atoms with E-state index < -0.39 is 0 Å². The van der Waals surface area contributed by atoms with Gasteiger partial charge < -0.3 is 14.5 Å². The first-order valence-corrected chi connectivity index (χ1v) is 5.92. The number of hydrogen-bond donors (Lipinski definition) is 1. The average molecular weight is 233 g/mol. The van der Waals surface area contributed by atoms with E-state index in [9.17, 15) is 0 Å². The molecule has 0 spiro atoms. The van der Waals surface area contributed by atoms with Crippen molar-refractivity contribution in [2.75, 3.05) is 7.05 Å². The molecule has 0 aromatic carbocycles. The van der Waals surface area contributed by atoms with Crippen LogP contribution in [0.4, 0.5) is 0 Å². The Labute approximate surface area is 102 Å². The Morgan fingerprint density at radius 3 is 2.82 bits per heavy atom. The fourth-order valence-corrected chi connectivity index (χ4v) is 2.00. The second-order valence-electron chi connectivity index (χ2n) is 4.16. The Morgan fingerprint density at radius 1 is 1.41 bits per heavy atom. The first kappa shape index (κ1) is 11.9. The van der Waals surface area contributed by atoms with Crippen LogP contribution in [0.15, 0.2) is 24.9 Å². The molecule has 5 nitrogen and oxygen atoms in total. The van der Waals surface area contributed by atoms with Gasteiger partial charge in [0.25, 0.3) is 0 Å². The zero-order chi connectivity index (χ0) is 12.3. The van der Waals surface area contributed by atoms with Crippen molar-refractivity contribution in [2.45, 2.75) is 25.9 Å². The van der Waals surface area contributed by atoms with Crippen LogP contribution in [0.1, 0.15) is 30.9 Å². The molecule has 0 radical (unpaired) electrons. The largest absolute Gasteiger partial charge is 0.340 e. The number of nitrogens with zero attached hydrogens (tertiary/aromatic N) is 4. The van der Waals surface area contributed by atoms with E-state index >= 15 is 0 Å². The van der Waals surface area contributed by atoms with Crippen molar-refractivity contribution in [1.82, 2.24) is 24.4 Å². The number of nitrogens with one attached hydrogen (secondary N) is 1. The van der Waals surface area contributed by atoms with Gasteiger partial charge in [0.1, 0.15) is 11.9 Å². The van der Waals surface area contributed by atoms with Gasteiger partial charge in [-0.2, -0.15) is 0 Å². The molecule has 1 N–H and O–H groups in total. The fraction of sp³-hybridized carbons (Fsp3) is 0.500. The zero-order valence-corrected chi connectivity index (χ0v) is 10.6. The second-order valence-corrected chi connectivity index (χ2v) is 4.16. The summed E-state index contributed by atoms with van der Waals surface area (Å²) < 4.78 is 4.13. The standard InChI is InChI=1S/C12H19N5/c1-4-6-17-7-5-14-12(17)11(13-2)10-8-16(3)9-15-10/h5,7-9,11,13H,4,6H2,1-3H3. The molecule has 0 bridgehead atoms. The topological polar surface area (TPSA) is 47.7 Å². The summed E-state index contributed by atoms with van der Waals surface area (Å²) in [5.41, 5.74) is 0.999. The van der Waals surface area contributed by atoms with E-state index in [0.29, 0.717) is 0 Å². The Hall–Kier alpha value is -1.62. The van der Waals surface area contributed by atoms with Crippen LogP contribution in [0.5, 0.6) is 0 Å². The van der Waals surface area contributed by atoms with Crippen LogP contribution in [-0.4, -0.2) is 26.1 Å². The lowest BCUT2D eigenvalue weighted by molar-refractivity contribution is 0.560. The van der Waals surface area contributed by atoms with Gasteiger partial charge in [-0.3, -0.25) is 0 Å². The molecule has 0 aliphatic rings. The number of aromatic nitrogens is 4. The maximum atomic E-state index is 4.44. The van der Waals surface area contributed by atoms with Crippen LogP contribution in [0.2, 0.25) is 0 Å². The molecule has 0 aliphatic heterocycles. The van der Waals surface area contributed by atoms with E-state index in [4.69, 9.17) is 0 Å². The molecule has 1 unspecified atom stereocenters. The predicted molar refractivity (Wildman–Crippen MR) is 66.6 cm³/mol. The van der Waals surface area contributed by atoms with Crippen molar-refractivity contribution in [3.63, 3.8) is 0 Å². The second kappa shape index (κ2) is 5.14. The summed E-state index contributed by atoms with van der Waals surface area (Å²) in [7, 11) is 3.91. The SMILES string of the molecule is CCCn1ccnc1C(NC)c1cn(C)cn1. The highest BCUT2D eigenvalue weighted by molar-refractivity contribution is 5.15. The van der Waals surface area contributed by atoms with Crippen LogP contribution in [0.25, 0.3) is 0 Å². The third-order valence-electron chi connectivity index (χ3n) is 2.78. The summed E-state index contributed by atoms with van der Waals surface area (Å²) in [6, 6.07) is 0.0535. The molecule has 0 amide bonds. The molecule has 17 heavy (non-hydrogen) atoms. The summed E-state index contributed by atoms with van der Waals surface area (Å²) in [5, 5.41) is 3.27. The zero-order valence-electron chi connectivity index (χ0n) is 10.6. The van der Waals surface area contributed by atoms with Gasteiger partial charge >= 0.3 is 0 Å². The average Bonchev–Trinajstić information content (AvgIpc) is 2.91. The van der Waals surface area contributed by atoms with Crippen LogP contribution in [0, 0.1) is 0 Å². The van der Waals surface area contributed by atoms with E-state index in [1.807, 2.05) is 43.6 Å². The van der Waals surface area contributed by atoms with Gasteiger partial charge in [-0.1, -0.05) is 6.92 Å². The lowest BCUT2D eigenvalue weighted by atomic mass is 10.2. The summed E-state index contributed by atoms with van der Waals surface area (Å²) in [4.78, 5) is 8.83. The Balaban J connectivity index is 2.31. The number of aryl methyl sites for hydroxylation is 2. The molecule has 2 rings (SSSR count). The quantitative estimate of drug-likeness (QED) is 0.847. The number of hydrogen-bond acceptors (Lipinski definition) is 3. The van der Waals surface area contributed by atoms with E-state index in [1.165, 1.54) is 0 Å². The van der Waals surface area contributed by atoms with Gasteiger partial charge in [0.05, 0.1) is 12.0 Å². The van der Waals surface area contributed by atoms with Crippen LogP contribution in [0.3, 0.4) is 0 Å². The third-order valence-corrected chi connectivity index (χ3v) is 2.78. The molecule has 0 saturated heterocycles. The van der Waals surface area contributed by atoms with E-state index in [1.54, 1.807) is 0 Å². The molecular formula is C12H19N5. The maximum Gasteiger partial charge on any atom is 0.132 e. The first-order valence-electron chi connectivity index (χ1n) is 5.92. The highest BCUT2D eigenvalue weighted by Crippen LogP contribution is 2.18. The predicted octanol–water partition coefficient (Wildman–Crippen LogP) is 1.34. The third kappa shape index (κ3) is 2.39. The van der Waals surface area contributed by atoms with Gasteiger partial charge in [-0.15, -0.1) is 0 Å². The minimum absolute atomic E-state index is 0.0535. The molecule has 1 atom stereocenters. The van der Waals surface area contributed by atoms with E-state index in [-0.39, 0.29) is 6.04 Å². The van der Waals surface area contributed by atoms with Crippen LogP contribution in [-0.2, 0) is 13.6 Å². The lowest BCUT2D eigenvalue weighted by Crippen LogP contribution is -2.22. The van der Waals surface area contributed by atoms with Gasteiger partial charge in [0, 0.05) is 32.2 Å². The minimum Gasteiger partial charge on any atom is -0.340 e. The summed E-state index contributed by atoms with van der Waals surface area (Å²) in [6.07, 6.45) is 8.80. The van der Waals surface area contributed by atoms with Crippen molar-refractivity contribution in [2.24, 2.45) is 7.05 Å². The molecule has 0 aliphatic carbocycles. The number of rotatable bonds is 5. The molecule has 0 fully saturated rings. The van der Waals surface area contributed by atoms with Crippen LogP contribution < -0.4 is 5.32 Å². The van der Waals surface area contributed by atoms with Gasteiger partial charge in [-0.05, 0) is 13.5 Å². The van der Waals surface area contributed by atoms with Gasteiger partial charge in [0.2, 0.25) is 0 Å². The monoisotopic (exact) mass is 233 g/mol. The fourth-order valence-electron chi connectivity index (χ4n) is 2.00. The lowest BCUT2D eigenvalue weighted by Gasteiger charge is -2.15. The Kier molecular flexibility index (Phi) is 3.58. The normalized spacial score (nSPS) is 12.9. The van der Waals surface area contributed by atoms with E-state index in [0.717, 1.165) is 24.5 Å². The Morgan fingerprint density at radius 2 is 2.24 bits per heavy atom. The van der Waals surface area contributed by atoms with Crippen molar-refractivity contribution in [3.05, 3.63) is 36.4 Å². The summed E-state index contributed by atoms with van der Waals surface area (Å²) in [5.74, 6) is 1.02. The molecule has 5 heteroatoms. The molecule has 2 aromatic heterocycles. The summed E-state index contributed by atoms with van der Waals surface area (Å²) in [6.45, 7) is 3.15. The minimum atomic E-state index is 0.0535. The van der Waals surface area contributed by atoms with Crippen molar-refractivity contribution in [1.29, 1.82) is 0 Å². The van der Waals surface area contributed by atoms with Gasteiger partial charge in [0.15, 0.2) is 0 Å². The summed E-state index contributed by atoms with van der Waals surface area (Å²) >= 11 is 0. The van der Waals surface area contributed by atoms with Crippen molar-refractivity contribution in [3.8, 4) is 0 Å². The van der Waals surface area contributed by atoms with Crippen molar-refractivity contribution < 1.29 is 0 Å².